The predicted molar refractivity (Wildman–Crippen MR) is 85.5 cm³/mol. The Morgan fingerprint density at radius 3 is 2.75 bits per heavy atom. The molecular formula is C15H22Cl2N2O. The lowest BCUT2D eigenvalue weighted by Gasteiger charge is -2.31. The smallest absolute Gasteiger partial charge is 0.227 e. The molecule has 0 saturated carbocycles. The van der Waals surface area contributed by atoms with Gasteiger partial charge in [0.1, 0.15) is 0 Å². The number of nitrogens with zero attached hydrogens (tertiary/aromatic N) is 1. The SMILES string of the molecule is CC(c1ccccc1Cl)N(C)C(=O)C1CCCNC1.Cl. The number of piperidine rings is 1. The molecule has 2 unspecified atom stereocenters. The molecule has 2 atom stereocenters. The van der Waals surface area contributed by atoms with Gasteiger partial charge in [-0.25, -0.2) is 0 Å². The quantitative estimate of drug-likeness (QED) is 0.928. The molecule has 1 N–H and O–H groups in total. The van der Waals surface area contributed by atoms with E-state index in [1.165, 1.54) is 0 Å². The summed E-state index contributed by atoms with van der Waals surface area (Å²) in [5.74, 6) is 0.309. The molecule has 3 nitrogen and oxygen atoms in total. The van der Waals surface area contributed by atoms with Gasteiger partial charge in [-0.15, -0.1) is 12.4 Å². The average molecular weight is 317 g/mol. The molecule has 1 amide bonds. The summed E-state index contributed by atoms with van der Waals surface area (Å²) in [5, 5.41) is 4.01. The van der Waals surface area contributed by atoms with Gasteiger partial charge in [0.15, 0.2) is 0 Å². The van der Waals surface area contributed by atoms with Gasteiger partial charge in [0.05, 0.1) is 12.0 Å². The second-order valence-electron chi connectivity index (χ2n) is 5.19. The standard InChI is InChI=1S/C15H21ClN2O.ClH/c1-11(13-7-3-4-8-14(13)16)18(2)15(19)12-6-5-9-17-10-12;/h3-4,7-8,11-12,17H,5-6,9-10H2,1-2H3;1H. The molecule has 0 spiro atoms. The first-order chi connectivity index (χ1) is 9.11. The average Bonchev–Trinajstić information content (AvgIpc) is 2.46. The van der Waals surface area contributed by atoms with E-state index in [0.717, 1.165) is 36.5 Å². The fourth-order valence-corrected chi connectivity index (χ4v) is 2.86. The molecule has 1 aromatic rings. The molecule has 0 aromatic heterocycles. The van der Waals surface area contributed by atoms with E-state index in [1.54, 1.807) is 0 Å². The van der Waals surface area contributed by atoms with Crippen molar-refractivity contribution in [1.29, 1.82) is 0 Å². The fourth-order valence-electron chi connectivity index (χ4n) is 2.56. The van der Waals surface area contributed by atoms with Crippen LogP contribution in [0.1, 0.15) is 31.4 Å². The van der Waals surface area contributed by atoms with Crippen LogP contribution in [0.15, 0.2) is 24.3 Å². The lowest BCUT2D eigenvalue weighted by Crippen LogP contribution is -2.42. The Labute approximate surface area is 132 Å². The molecular weight excluding hydrogens is 295 g/mol. The van der Waals surface area contributed by atoms with Crippen LogP contribution in [0, 0.1) is 5.92 Å². The molecule has 20 heavy (non-hydrogen) atoms. The molecule has 0 bridgehead atoms. The normalized spacial score (nSPS) is 19.9. The third-order valence-corrected chi connectivity index (χ3v) is 4.27. The number of hydrogen-bond acceptors (Lipinski definition) is 2. The van der Waals surface area contributed by atoms with E-state index < -0.39 is 0 Å². The topological polar surface area (TPSA) is 32.3 Å². The fraction of sp³-hybridized carbons (Fsp3) is 0.533. The van der Waals surface area contributed by atoms with Crippen LogP contribution in [0.5, 0.6) is 0 Å². The zero-order valence-corrected chi connectivity index (χ0v) is 13.5. The first kappa shape index (κ1) is 17.3. The summed E-state index contributed by atoms with van der Waals surface area (Å²) in [6, 6.07) is 7.72. The summed E-state index contributed by atoms with van der Waals surface area (Å²) in [5.41, 5.74) is 1.00. The van der Waals surface area contributed by atoms with Crippen molar-refractivity contribution in [1.82, 2.24) is 10.2 Å². The molecule has 1 saturated heterocycles. The lowest BCUT2D eigenvalue weighted by atomic mass is 9.97. The summed E-state index contributed by atoms with van der Waals surface area (Å²) in [7, 11) is 1.87. The minimum atomic E-state index is 0. The highest BCUT2D eigenvalue weighted by molar-refractivity contribution is 6.31. The van der Waals surface area contributed by atoms with E-state index >= 15 is 0 Å². The molecule has 2 rings (SSSR count). The molecule has 1 fully saturated rings. The van der Waals surface area contributed by atoms with Gasteiger partial charge in [-0.1, -0.05) is 29.8 Å². The van der Waals surface area contributed by atoms with Gasteiger partial charge >= 0.3 is 0 Å². The van der Waals surface area contributed by atoms with Crippen LogP contribution in [-0.2, 0) is 4.79 Å². The van der Waals surface area contributed by atoms with E-state index in [-0.39, 0.29) is 30.3 Å². The summed E-state index contributed by atoms with van der Waals surface area (Å²) < 4.78 is 0. The molecule has 1 heterocycles. The number of carbonyl (C=O) groups excluding carboxylic acids is 1. The summed E-state index contributed by atoms with van der Waals surface area (Å²) in [6.45, 7) is 3.83. The van der Waals surface area contributed by atoms with Crippen LogP contribution in [0.3, 0.4) is 0 Å². The third-order valence-electron chi connectivity index (χ3n) is 3.93. The van der Waals surface area contributed by atoms with Gasteiger partial charge in [0, 0.05) is 18.6 Å². The minimum absolute atomic E-state index is 0. The van der Waals surface area contributed by atoms with Gasteiger partial charge in [0.2, 0.25) is 5.91 Å². The van der Waals surface area contributed by atoms with Gasteiger partial charge in [-0.3, -0.25) is 4.79 Å². The Morgan fingerprint density at radius 1 is 1.45 bits per heavy atom. The Bertz CT molecular complexity index is 447. The number of rotatable bonds is 3. The van der Waals surface area contributed by atoms with E-state index in [9.17, 15) is 4.79 Å². The largest absolute Gasteiger partial charge is 0.339 e. The maximum atomic E-state index is 12.5. The molecule has 112 valence electrons. The molecule has 0 radical (unpaired) electrons. The van der Waals surface area contributed by atoms with Gasteiger partial charge in [0.25, 0.3) is 0 Å². The molecule has 1 aliphatic heterocycles. The van der Waals surface area contributed by atoms with Crippen molar-refractivity contribution in [3.05, 3.63) is 34.9 Å². The zero-order chi connectivity index (χ0) is 13.8. The van der Waals surface area contributed by atoms with Crippen LogP contribution < -0.4 is 5.32 Å². The van der Waals surface area contributed by atoms with Crippen LogP contribution in [-0.4, -0.2) is 30.9 Å². The first-order valence-electron chi connectivity index (χ1n) is 6.83. The van der Waals surface area contributed by atoms with Crippen LogP contribution in [0.4, 0.5) is 0 Å². The van der Waals surface area contributed by atoms with E-state index in [2.05, 4.69) is 5.32 Å². The number of nitrogens with one attached hydrogen (secondary N) is 1. The van der Waals surface area contributed by atoms with Crippen LogP contribution in [0.2, 0.25) is 5.02 Å². The van der Waals surface area contributed by atoms with Crippen molar-refractivity contribution in [2.24, 2.45) is 5.92 Å². The van der Waals surface area contributed by atoms with Gasteiger partial charge < -0.3 is 10.2 Å². The highest BCUT2D eigenvalue weighted by atomic mass is 35.5. The Kier molecular flexibility index (Phi) is 6.80. The minimum Gasteiger partial charge on any atom is -0.339 e. The number of carbonyl (C=O) groups is 1. The zero-order valence-electron chi connectivity index (χ0n) is 11.9. The maximum absolute atomic E-state index is 12.5. The molecule has 0 aliphatic carbocycles. The highest BCUT2D eigenvalue weighted by Gasteiger charge is 2.27. The van der Waals surface area contributed by atoms with Gasteiger partial charge in [-0.05, 0) is 37.9 Å². The molecule has 1 aliphatic rings. The maximum Gasteiger partial charge on any atom is 0.227 e. The van der Waals surface area contributed by atoms with Crippen molar-refractivity contribution in [3.63, 3.8) is 0 Å². The number of amides is 1. The summed E-state index contributed by atoms with van der Waals surface area (Å²) in [6.07, 6.45) is 2.05. The highest BCUT2D eigenvalue weighted by Crippen LogP contribution is 2.27. The number of halogens is 2. The Morgan fingerprint density at radius 2 is 2.15 bits per heavy atom. The Hall–Kier alpha value is -0.770. The molecule has 1 aromatic carbocycles. The van der Waals surface area contributed by atoms with Crippen molar-refractivity contribution in [3.8, 4) is 0 Å². The van der Waals surface area contributed by atoms with E-state index in [4.69, 9.17) is 11.6 Å². The van der Waals surface area contributed by atoms with Crippen LogP contribution >= 0.6 is 24.0 Å². The van der Waals surface area contributed by atoms with Gasteiger partial charge in [-0.2, -0.15) is 0 Å². The third kappa shape index (κ3) is 3.87. The van der Waals surface area contributed by atoms with Crippen molar-refractivity contribution >= 4 is 29.9 Å². The summed E-state index contributed by atoms with van der Waals surface area (Å²) >= 11 is 6.20. The van der Waals surface area contributed by atoms with E-state index in [0.29, 0.717) is 0 Å². The van der Waals surface area contributed by atoms with Crippen molar-refractivity contribution in [2.75, 3.05) is 20.1 Å². The molecule has 5 heteroatoms. The van der Waals surface area contributed by atoms with Crippen molar-refractivity contribution in [2.45, 2.75) is 25.8 Å². The van der Waals surface area contributed by atoms with Crippen molar-refractivity contribution < 1.29 is 4.79 Å². The number of hydrogen-bond donors (Lipinski definition) is 1. The lowest BCUT2D eigenvalue weighted by molar-refractivity contribution is -0.136. The second kappa shape index (κ2) is 7.87. The van der Waals surface area contributed by atoms with Crippen LogP contribution in [0.25, 0.3) is 0 Å². The summed E-state index contributed by atoms with van der Waals surface area (Å²) in [4.78, 5) is 14.3. The predicted octanol–water partition coefficient (Wildman–Crippen LogP) is 3.28. The number of benzene rings is 1. The second-order valence-corrected chi connectivity index (χ2v) is 5.60. The Balaban J connectivity index is 0.00000200. The first-order valence-corrected chi connectivity index (χ1v) is 7.21. The monoisotopic (exact) mass is 316 g/mol. The van der Waals surface area contributed by atoms with E-state index in [1.807, 2.05) is 43.1 Å².